The first-order valence-corrected chi connectivity index (χ1v) is 6.95. The predicted molar refractivity (Wildman–Crippen MR) is 84.1 cm³/mol. The highest BCUT2D eigenvalue weighted by molar-refractivity contribution is 9.10. The van der Waals surface area contributed by atoms with Crippen molar-refractivity contribution < 1.29 is 9.53 Å². The van der Waals surface area contributed by atoms with Crippen LogP contribution in [0, 0.1) is 0 Å². The maximum atomic E-state index is 11.8. The molecule has 1 amide bonds. The van der Waals surface area contributed by atoms with Crippen molar-refractivity contribution in [1.82, 2.24) is 0 Å². The second-order valence-corrected chi connectivity index (χ2v) is 5.37. The molecule has 0 aromatic heterocycles. The van der Waals surface area contributed by atoms with Gasteiger partial charge in [-0.05, 0) is 42.5 Å². The summed E-state index contributed by atoms with van der Waals surface area (Å²) < 4.78 is 6.30. The van der Waals surface area contributed by atoms with E-state index in [0.717, 1.165) is 4.47 Å². The Morgan fingerprint density at radius 3 is 2.65 bits per heavy atom. The number of nitrogens with one attached hydrogen (secondary N) is 1. The topological polar surface area (TPSA) is 64.3 Å². The molecule has 2 aromatic rings. The minimum absolute atomic E-state index is 0.104. The standard InChI is InChI=1S/C14H12BrClN2O2/c15-9-1-4-11(5-2-9)20-8-14(19)18-13-7-10(16)3-6-12(13)17/h1-7H,8,17H2,(H,18,19). The summed E-state index contributed by atoms with van der Waals surface area (Å²) in [6.45, 7) is -0.104. The van der Waals surface area contributed by atoms with Gasteiger partial charge in [0.05, 0.1) is 11.4 Å². The quantitative estimate of drug-likeness (QED) is 0.822. The summed E-state index contributed by atoms with van der Waals surface area (Å²) in [6.07, 6.45) is 0. The van der Waals surface area contributed by atoms with E-state index < -0.39 is 0 Å². The zero-order chi connectivity index (χ0) is 14.5. The number of nitrogen functional groups attached to an aromatic ring is 1. The fourth-order valence-electron chi connectivity index (χ4n) is 1.50. The second kappa shape index (κ2) is 6.63. The molecule has 6 heteroatoms. The molecule has 2 aromatic carbocycles. The van der Waals surface area contributed by atoms with Gasteiger partial charge in [0.2, 0.25) is 0 Å². The number of amides is 1. The highest BCUT2D eigenvalue weighted by Crippen LogP contribution is 2.23. The van der Waals surface area contributed by atoms with Crippen LogP contribution in [0.15, 0.2) is 46.9 Å². The maximum absolute atomic E-state index is 11.8. The number of halogens is 2. The Bertz CT molecular complexity index is 617. The van der Waals surface area contributed by atoms with E-state index in [9.17, 15) is 4.79 Å². The van der Waals surface area contributed by atoms with Gasteiger partial charge in [-0.1, -0.05) is 27.5 Å². The minimum atomic E-state index is -0.304. The van der Waals surface area contributed by atoms with Crippen LogP contribution in [0.5, 0.6) is 5.75 Å². The third kappa shape index (κ3) is 4.15. The summed E-state index contributed by atoms with van der Waals surface area (Å²) in [7, 11) is 0. The van der Waals surface area contributed by atoms with E-state index in [4.69, 9.17) is 22.1 Å². The van der Waals surface area contributed by atoms with Gasteiger partial charge in [-0.15, -0.1) is 0 Å². The highest BCUT2D eigenvalue weighted by atomic mass is 79.9. The van der Waals surface area contributed by atoms with Crippen LogP contribution in [0.4, 0.5) is 11.4 Å². The van der Waals surface area contributed by atoms with Gasteiger partial charge in [-0.25, -0.2) is 0 Å². The third-order valence-corrected chi connectivity index (χ3v) is 3.24. The van der Waals surface area contributed by atoms with Crippen LogP contribution in [0.3, 0.4) is 0 Å². The van der Waals surface area contributed by atoms with Gasteiger partial charge < -0.3 is 15.8 Å². The lowest BCUT2D eigenvalue weighted by Crippen LogP contribution is -2.20. The third-order valence-electron chi connectivity index (χ3n) is 2.47. The first kappa shape index (κ1) is 14.7. The first-order chi connectivity index (χ1) is 9.54. The van der Waals surface area contributed by atoms with E-state index in [2.05, 4.69) is 21.2 Å². The SMILES string of the molecule is Nc1ccc(Cl)cc1NC(=O)COc1ccc(Br)cc1. The van der Waals surface area contributed by atoms with Gasteiger partial charge in [0.25, 0.3) is 5.91 Å². The number of carbonyl (C=O) groups excluding carboxylic acids is 1. The molecule has 0 atom stereocenters. The van der Waals surface area contributed by atoms with Gasteiger partial charge in [0, 0.05) is 9.50 Å². The number of rotatable bonds is 4. The van der Waals surface area contributed by atoms with Crippen molar-refractivity contribution in [3.8, 4) is 5.75 Å². The summed E-state index contributed by atoms with van der Waals surface area (Å²) in [5, 5.41) is 3.15. The van der Waals surface area contributed by atoms with Crippen LogP contribution in [0.25, 0.3) is 0 Å². The molecule has 3 N–H and O–H groups in total. The maximum Gasteiger partial charge on any atom is 0.262 e. The van der Waals surface area contributed by atoms with Crippen LogP contribution in [0.2, 0.25) is 5.02 Å². The van der Waals surface area contributed by atoms with Gasteiger partial charge in [-0.2, -0.15) is 0 Å². The Balaban J connectivity index is 1.92. The van der Waals surface area contributed by atoms with Crippen molar-refractivity contribution in [3.05, 3.63) is 52.0 Å². The molecule has 0 heterocycles. The molecule has 0 aliphatic heterocycles. The number of anilines is 2. The lowest BCUT2D eigenvalue weighted by molar-refractivity contribution is -0.118. The van der Waals surface area contributed by atoms with Crippen LogP contribution in [0.1, 0.15) is 0 Å². The Morgan fingerprint density at radius 1 is 1.25 bits per heavy atom. The van der Waals surface area contributed by atoms with Crippen molar-refractivity contribution in [3.63, 3.8) is 0 Å². The van der Waals surface area contributed by atoms with Gasteiger partial charge >= 0.3 is 0 Å². The zero-order valence-corrected chi connectivity index (χ0v) is 12.7. The van der Waals surface area contributed by atoms with Crippen molar-refractivity contribution in [2.45, 2.75) is 0 Å². The monoisotopic (exact) mass is 354 g/mol. The molecular weight excluding hydrogens is 344 g/mol. The fourth-order valence-corrected chi connectivity index (χ4v) is 1.94. The molecule has 4 nitrogen and oxygen atoms in total. The largest absolute Gasteiger partial charge is 0.484 e. The van der Waals surface area contributed by atoms with Gasteiger partial charge in [0.1, 0.15) is 5.75 Å². The number of nitrogens with two attached hydrogens (primary N) is 1. The molecule has 0 saturated heterocycles. The summed E-state index contributed by atoms with van der Waals surface area (Å²) >= 11 is 9.17. The normalized spacial score (nSPS) is 10.1. The molecule has 104 valence electrons. The average molecular weight is 356 g/mol. The smallest absolute Gasteiger partial charge is 0.262 e. The molecule has 20 heavy (non-hydrogen) atoms. The van der Waals surface area contributed by atoms with E-state index in [1.54, 1.807) is 30.3 Å². The van der Waals surface area contributed by atoms with Crippen molar-refractivity contribution in [1.29, 1.82) is 0 Å². The number of hydrogen-bond donors (Lipinski definition) is 2. The van der Waals surface area contributed by atoms with Crippen LogP contribution >= 0.6 is 27.5 Å². The summed E-state index contributed by atoms with van der Waals surface area (Å²) in [6, 6.07) is 12.1. The molecule has 0 bridgehead atoms. The lowest BCUT2D eigenvalue weighted by atomic mass is 10.2. The summed E-state index contributed by atoms with van der Waals surface area (Å²) in [4.78, 5) is 11.8. The zero-order valence-electron chi connectivity index (χ0n) is 10.4. The summed E-state index contributed by atoms with van der Waals surface area (Å²) in [5.74, 6) is 0.310. The second-order valence-electron chi connectivity index (χ2n) is 4.02. The van der Waals surface area contributed by atoms with E-state index in [1.807, 2.05) is 12.1 Å². The van der Waals surface area contributed by atoms with Crippen LogP contribution in [-0.4, -0.2) is 12.5 Å². The predicted octanol–water partition coefficient (Wildman–Crippen LogP) is 3.70. The molecule has 2 rings (SSSR count). The van der Waals surface area contributed by atoms with E-state index >= 15 is 0 Å². The molecular formula is C14H12BrClN2O2. The van der Waals surface area contributed by atoms with Crippen molar-refractivity contribution in [2.75, 3.05) is 17.7 Å². The van der Waals surface area contributed by atoms with E-state index in [0.29, 0.717) is 22.1 Å². The van der Waals surface area contributed by atoms with Crippen LogP contribution in [-0.2, 0) is 4.79 Å². The van der Waals surface area contributed by atoms with E-state index in [1.165, 1.54) is 0 Å². The van der Waals surface area contributed by atoms with Gasteiger partial charge in [-0.3, -0.25) is 4.79 Å². The number of carbonyl (C=O) groups is 1. The Kier molecular flexibility index (Phi) is 4.87. The van der Waals surface area contributed by atoms with Crippen LogP contribution < -0.4 is 15.8 Å². The molecule has 0 aliphatic rings. The molecule has 0 aliphatic carbocycles. The summed E-state index contributed by atoms with van der Waals surface area (Å²) in [5.41, 5.74) is 6.67. The highest BCUT2D eigenvalue weighted by Gasteiger charge is 2.07. The Labute approximate surface area is 130 Å². The molecule has 0 fully saturated rings. The molecule has 0 saturated carbocycles. The molecule has 0 spiro atoms. The molecule has 0 radical (unpaired) electrons. The van der Waals surface area contributed by atoms with Crippen molar-refractivity contribution >= 4 is 44.8 Å². The number of ether oxygens (including phenoxy) is 1. The lowest BCUT2D eigenvalue weighted by Gasteiger charge is -2.09. The first-order valence-electron chi connectivity index (χ1n) is 5.78. The average Bonchev–Trinajstić information content (AvgIpc) is 2.42. The molecule has 0 unspecified atom stereocenters. The minimum Gasteiger partial charge on any atom is -0.484 e. The van der Waals surface area contributed by atoms with Crippen molar-refractivity contribution in [2.24, 2.45) is 0 Å². The Hall–Kier alpha value is -1.72. The number of hydrogen-bond acceptors (Lipinski definition) is 3. The van der Waals surface area contributed by atoms with Gasteiger partial charge in [0.15, 0.2) is 6.61 Å². The number of benzene rings is 2. The van der Waals surface area contributed by atoms with E-state index in [-0.39, 0.29) is 12.5 Å². The Morgan fingerprint density at radius 2 is 1.95 bits per heavy atom. The fraction of sp³-hybridized carbons (Fsp3) is 0.0714.